The van der Waals surface area contributed by atoms with E-state index in [2.05, 4.69) is 10.6 Å². The summed E-state index contributed by atoms with van der Waals surface area (Å²) in [6.07, 6.45) is 0. The normalized spacial score (nSPS) is 13.1. The Kier molecular flexibility index (Phi) is 5.75. The number of likely N-dealkylation sites (N-methyl/N-ethyl adjacent to an activating group) is 1. The summed E-state index contributed by atoms with van der Waals surface area (Å²) in [7, 11) is 1.70. The van der Waals surface area contributed by atoms with Gasteiger partial charge in [0.15, 0.2) is 0 Å². The molecule has 0 fully saturated rings. The molecule has 146 valence electrons. The van der Waals surface area contributed by atoms with Crippen LogP contribution in [0.3, 0.4) is 0 Å². The van der Waals surface area contributed by atoms with Gasteiger partial charge in [0.1, 0.15) is 6.54 Å². The van der Waals surface area contributed by atoms with Gasteiger partial charge < -0.3 is 10.6 Å². The van der Waals surface area contributed by atoms with Gasteiger partial charge in [0.25, 0.3) is 0 Å². The number of rotatable bonds is 5. The molecule has 1 aliphatic heterocycles. The number of nitrogens with one attached hydrogen (secondary N) is 2. The molecule has 0 radical (unpaired) electrons. The van der Waals surface area contributed by atoms with Crippen LogP contribution < -0.4 is 15.5 Å². The maximum absolute atomic E-state index is 12.7. The average Bonchev–Trinajstić information content (AvgIpc) is 2.64. The first kappa shape index (κ1) is 19.6. The van der Waals surface area contributed by atoms with Gasteiger partial charge in [0, 0.05) is 5.69 Å². The van der Waals surface area contributed by atoms with E-state index in [1.165, 1.54) is 4.90 Å². The Hall–Kier alpha value is -3.19. The van der Waals surface area contributed by atoms with Crippen LogP contribution in [0.5, 0.6) is 0 Å². The van der Waals surface area contributed by atoms with Crippen LogP contribution in [0, 0.1) is 13.8 Å². The Morgan fingerprint density at radius 3 is 2.64 bits per heavy atom. The Labute approximate surface area is 164 Å². The lowest BCUT2D eigenvalue weighted by Crippen LogP contribution is -2.47. The molecule has 0 bridgehead atoms. The fourth-order valence-corrected chi connectivity index (χ4v) is 3.15. The molecule has 0 aromatic heterocycles. The highest BCUT2D eigenvalue weighted by Gasteiger charge is 2.27. The fourth-order valence-electron chi connectivity index (χ4n) is 3.15. The highest BCUT2D eigenvalue weighted by molar-refractivity contribution is 6.10. The van der Waals surface area contributed by atoms with Crippen LogP contribution in [0.4, 0.5) is 17.1 Å². The van der Waals surface area contributed by atoms with Gasteiger partial charge in [-0.3, -0.25) is 24.2 Å². The lowest BCUT2D eigenvalue weighted by Gasteiger charge is -2.30. The van der Waals surface area contributed by atoms with Gasteiger partial charge in [0.2, 0.25) is 17.7 Å². The first-order valence-corrected chi connectivity index (χ1v) is 9.09. The molecule has 0 saturated heterocycles. The zero-order valence-corrected chi connectivity index (χ0v) is 16.3. The van der Waals surface area contributed by atoms with Crippen LogP contribution >= 0.6 is 0 Å². The summed E-state index contributed by atoms with van der Waals surface area (Å²) in [5.74, 6) is -0.660. The molecule has 2 N–H and O–H groups in total. The number of benzene rings is 2. The van der Waals surface area contributed by atoms with Crippen molar-refractivity contribution >= 4 is 34.8 Å². The largest absolute Gasteiger partial charge is 0.325 e. The molecule has 0 unspecified atom stereocenters. The highest BCUT2D eigenvalue weighted by Crippen LogP contribution is 2.28. The van der Waals surface area contributed by atoms with Crippen LogP contribution in [0.1, 0.15) is 11.1 Å². The van der Waals surface area contributed by atoms with Gasteiger partial charge in [-0.2, -0.15) is 0 Å². The number of anilines is 3. The van der Waals surface area contributed by atoms with Crippen LogP contribution in [0.25, 0.3) is 0 Å². The quantitative estimate of drug-likeness (QED) is 0.833. The van der Waals surface area contributed by atoms with E-state index in [0.717, 1.165) is 16.8 Å². The molecule has 0 spiro atoms. The Bertz CT molecular complexity index is 926. The molecule has 2 aromatic rings. The molecule has 3 rings (SSSR count). The Morgan fingerprint density at radius 2 is 1.86 bits per heavy atom. The van der Waals surface area contributed by atoms with Crippen molar-refractivity contribution in [2.45, 2.75) is 13.8 Å². The highest BCUT2D eigenvalue weighted by atomic mass is 16.2. The average molecular weight is 380 g/mol. The number of hydrogen-bond donors (Lipinski definition) is 2. The van der Waals surface area contributed by atoms with Crippen molar-refractivity contribution in [2.75, 3.05) is 42.2 Å². The molecule has 0 aliphatic carbocycles. The van der Waals surface area contributed by atoms with E-state index in [1.807, 2.05) is 38.1 Å². The molecule has 7 nitrogen and oxygen atoms in total. The van der Waals surface area contributed by atoms with Crippen LogP contribution in [0.15, 0.2) is 42.5 Å². The maximum atomic E-state index is 12.7. The van der Waals surface area contributed by atoms with Crippen molar-refractivity contribution in [2.24, 2.45) is 0 Å². The predicted octanol–water partition coefficient (Wildman–Crippen LogP) is 2.16. The van der Waals surface area contributed by atoms with E-state index in [4.69, 9.17) is 0 Å². The minimum Gasteiger partial charge on any atom is -0.325 e. The molecule has 28 heavy (non-hydrogen) atoms. The van der Waals surface area contributed by atoms with E-state index in [1.54, 1.807) is 30.1 Å². The second kappa shape index (κ2) is 8.22. The monoisotopic (exact) mass is 380 g/mol. The predicted molar refractivity (Wildman–Crippen MR) is 109 cm³/mol. The van der Waals surface area contributed by atoms with Crippen molar-refractivity contribution in [1.82, 2.24) is 4.90 Å². The van der Waals surface area contributed by atoms with E-state index >= 15 is 0 Å². The third-order valence-corrected chi connectivity index (χ3v) is 4.77. The number of carbonyl (C=O) groups is 3. The number of nitrogens with zero attached hydrogens (tertiary/aromatic N) is 2. The molecule has 1 heterocycles. The van der Waals surface area contributed by atoms with Crippen LogP contribution in [0.2, 0.25) is 0 Å². The topological polar surface area (TPSA) is 81.8 Å². The number of aryl methyl sites for hydroxylation is 1. The first-order chi connectivity index (χ1) is 13.3. The molecule has 1 aliphatic rings. The van der Waals surface area contributed by atoms with Crippen molar-refractivity contribution in [3.05, 3.63) is 53.6 Å². The van der Waals surface area contributed by atoms with Crippen LogP contribution in [-0.4, -0.2) is 49.3 Å². The van der Waals surface area contributed by atoms with E-state index in [-0.39, 0.29) is 37.4 Å². The van der Waals surface area contributed by atoms with Crippen molar-refractivity contribution in [3.63, 3.8) is 0 Å². The van der Waals surface area contributed by atoms with Gasteiger partial charge in [-0.05, 0) is 50.2 Å². The number of fused-ring (bicyclic) bond motifs is 1. The number of hydrogen-bond acceptors (Lipinski definition) is 4. The second-order valence-electron chi connectivity index (χ2n) is 7.01. The van der Waals surface area contributed by atoms with Gasteiger partial charge in [0.05, 0.1) is 24.5 Å². The molecule has 3 amide bonds. The lowest BCUT2D eigenvalue weighted by atomic mass is 10.1. The van der Waals surface area contributed by atoms with Gasteiger partial charge >= 0.3 is 0 Å². The van der Waals surface area contributed by atoms with Crippen molar-refractivity contribution < 1.29 is 14.4 Å². The van der Waals surface area contributed by atoms with Crippen LogP contribution in [-0.2, 0) is 14.4 Å². The zero-order chi connectivity index (χ0) is 20.3. The van der Waals surface area contributed by atoms with E-state index < -0.39 is 0 Å². The summed E-state index contributed by atoms with van der Waals surface area (Å²) in [5, 5.41) is 5.64. The second-order valence-corrected chi connectivity index (χ2v) is 7.01. The van der Waals surface area contributed by atoms with Gasteiger partial charge in [-0.25, -0.2) is 0 Å². The van der Waals surface area contributed by atoms with E-state index in [9.17, 15) is 14.4 Å². The van der Waals surface area contributed by atoms with Gasteiger partial charge in [-0.1, -0.05) is 24.3 Å². The molecular formula is C21H24N4O3. The first-order valence-electron chi connectivity index (χ1n) is 9.09. The molecule has 0 saturated carbocycles. The molecule has 7 heteroatoms. The summed E-state index contributed by atoms with van der Waals surface area (Å²) in [6.45, 7) is 4.01. The summed E-state index contributed by atoms with van der Waals surface area (Å²) in [6, 6.07) is 12.9. The third kappa shape index (κ3) is 4.37. The summed E-state index contributed by atoms with van der Waals surface area (Å²) < 4.78 is 0. The molecular weight excluding hydrogens is 356 g/mol. The number of carbonyl (C=O) groups excluding carboxylic acids is 3. The number of para-hydroxylation sites is 2. The van der Waals surface area contributed by atoms with Crippen molar-refractivity contribution in [3.8, 4) is 0 Å². The van der Waals surface area contributed by atoms with Crippen molar-refractivity contribution in [1.29, 1.82) is 0 Å². The zero-order valence-electron chi connectivity index (χ0n) is 16.3. The Morgan fingerprint density at radius 1 is 1.11 bits per heavy atom. The summed E-state index contributed by atoms with van der Waals surface area (Å²) >= 11 is 0. The fraction of sp³-hybridized carbons (Fsp3) is 0.286. The lowest BCUT2D eigenvalue weighted by molar-refractivity contribution is -0.123. The van der Waals surface area contributed by atoms with E-state index in [0.29, 0.717) is 11.4 Å². The summed E-state index contributed by atoms with van der Waals surface area (Å²) in [4.78, 5) is 40.1. The number of amides is 3. The SMILES string of the molecule is Cc1cccc(NC(=O)CN(C)CC(=O)N2CC(=O)Nc3ccccc32)c1C. The van der Waals surface area contributed by atoms with Gasteiger partial charge in [-0.15, -0.1) is 0 Å². The molecule has 0 atom stereocenters. The minimum atomic E-state index is -0.234. The standard InChI is InChI=1S/C21H24N4O3/c1-14-7-6-9-16(15(14)2)22-19(26)11-24(3)13-21(28)25-12-20(27)23-17-8-4-5-10-18(17)25/h4-10H,11-13H2,1-3H3,(H,22,26)(H,23,27). The Balaban J connectivity index is 1.61. The summed E-state index contributed by atoms with van der Waals surface area (Å²) in [5.41, 5.74) is 4.17. The molecule has 2 aromatic carbocycles. The maximum Gasteiger partial charge on any atom is 0.244 e. The smallest absolute Gasteiger partial charge is 0.244 e. The third-order valence-electron chi connectivity index (χ3n) is 4.77. The minimum absolute atomic E-state index is 0.0294.